The highest BCUT2D eigenvalue weighted by molar-refractivity contribution is 7.78. The van der Waals surface area contributed by atoms with Crippen LogP contribution in [0, 0.1) is 0 Å². The molecule has 0 aromatic carbocycles. The van der Waals surface area contributed by atoms with Crippen molar-refractivity contribution in [3.8, 4) is 5.88 Å². The molecule has 0 saturated carbocycles. The summed E-state index contributed by atoms with van der Waals surface area (Å²) in [6, 6.07) is 3.68. The lowest BCUT2D eigenvalue weighted by Crippen LogP contribution is -1.88. The van der Waals surface area contributed by atoms with Gasteiger partial charge >= 0.3 is 0 Å². The van der Waals surface area contributed by atoms with Gasteiger partial charge in [-0.3, -0.25) is 0 Å². The molecule has 1 aromatic rings. The first-order valence-electron chi connectivity index (χ1n) is 3.39. The topological polar surface area (TPSA) is 34.5 Å². The molecule has 4 heteroatoms. The van der Waals surface area contributed by atoms with Gasteiger partial charge in [0.25, 0.3) is 0 Å². The molecule has 0 aliphatic rings. The maximum atomic E-state index is 4.94. The normalized spacial score (nSPS) is 8.75. The van der Waals surface area contributed by atoms with Gasteiger partial charge in [-0.2, -0.15) is 0 Å². The molecule has 62 valence electrons. The largest absolute Gasteiger partial charge is 0.481 e. The fraction of sp³-hybridized carbons (Fsp3) is 0.250. The molecule has 1 aromatic heterocycles. The van der Waals surface area contributed by atoms with Gasteiger partial charge in [0.1, 0.15) is 0 Å². The van der Waals surface area contributed by atoms with Crippen molar-refractivity contribution in [3.63, 3.8) is 0 Å². The second-order valence-corrected chi connectivity index (χ2v) is 2.30. The highest BCUT2D eigenvalue weighted by Crippen LogP contribution is 2.08. The summed E-state index contributed by atoms with van der Waals surface area (Å²) in [7, 11) is 1.58. The van der Waals surface area contributed by atoms with Crippen LogP contribution in [0.25, 0.3) is 0 Å². The lowest BCUT2D eigenvalue weighted by Gasteiger charge is -1.98. The number of hydrogen-bond acceptors (Lipinski definition) is 4. The Bertz CT molecular complexity index is 308. The second kappa shape index (κ2) is 4.59. The minimum Gasteiger partial charge on any atom is -0.481 e. The first kappa shape index (κ1) is 8.84. The molecular weight excluding hydrogens is 172 g/mol. The van der Waals surface area contributed by atoms with E-state index in [1.807, 2.05) is 12.1 Å². The molecule has 0 aliphatic carbocycles. The average Bonchev–Trinajstić information content (AvgIpc) is 2.15. The summed E-state index contributed by atoms with van der Waals surface area (Å²) in [5.41, 5.74) is 1.01. The fourth-order valence-corrected chi connectivity index (χ4v) is 0.849. The van der Waals surface area contributed by atoms with Crippen molar-refractivity contribution < 1.29 is 4.74 Å². The van der Waals surface area contributed by atoms with Crippen LogP contribution < -0.4 is 4.74 Å². The first-order valence-corrected chi connectivity index (χ1v) is 3.80. The van der Waals surface area contributed by atoms with E-state index in [1.54, 1.807) is 13.3 Å². The van der Waals surface area contributed by atoms with Crippen molar-refractivity contribution in [2.45, 2.75) is 6.54 Å². The van der Waals surface area contributed by atoms with Crippen LogP contribution in [0.15, 0.2) is 23.3 Å². The highest BCUT2D eigenvalue weighted by atomic mass is 32.1. The van der Waals surface area contributed by atoms with Gasteiger partial charge in [-0.05, 0) is 23.8 Å². The molecule has 0 radical (unpaired) electrons. The lowest BCUT2D eigenvalue weighted by molar-refractivity contribution is 0.397. The third-order valence-corrected chi connectivity index (χ3v) is 1.46. The average molecular weight is 180 g/mol. The second-order valence-electron chi connectivity index (χ2n) is 2.11. The zero-order chi connectivity index (χ0) is 8.81. The molecule has 12 heavy (non-hydrogen) atoms. The van der Waals surface area contributed by atoms with Crippen LogP contribution in [0.1, 0.15) is 5.56 Å². The molecule has 0 N–H and O–H groups in total. The fourth-order valence-electron chi connectivity index (χ4n) is 0.784. The van der Waals surface area contributed by atoms with Gasteiger partial charge in [0.2, 0.25) is 5.88 Å². The van der Waals surface area contributed by atoms with Crippen molar-refractivity contribution in [1.29, 1.82) is 0 Å². The predicted octanol–water partition coefficient (Wildman–Crippen LogP) is 1.69. The summed E-state index contributed by atoms with van der Waals surface area (Å²) in [4.78, 5) is 7.75. The number of thiocarbonyl (C=S) groups is 1. The summed E-state index contributed by atoms with van der Waals surface area (Å²) >= 11 is 4.45. The van der Waals surface area contributed by atoms with Crippen LogP contribution in [0.2, 0.25) is 0 Å². The van der Waals surface area contributed by atoms with E-state index in [1.165, 1.54) is 0 Å². The van der Waals surface area contributed by atoms with Gasteiger partial charge in [-0.1, -0.05) is 0 Å². The number of pyridine rings is 1. The van der Waals surface area contributed by atoms with E-state index in [-0.39, 0.29) is 0 Å². The van der Waals surface area contributed by atoms with Crippen molar-refractivity contribution in [3.05, 3.63) is 23.9 Å². The number of aromatic nitrogens is 1. The van der Waals surface area contributed by atoms with Gasteiger partial charge in [0.15, 0.2) is 0 Å². The summed E-state index contributed by atoms with van der Waals surface area (Å²) in [5.74, 6) is 0.590. The number of ether oxygens (including phenoxy) is 1. The Labute approximate surface area is 76.1 Å². The molecule has 3 nitrogen and oxygen atoms in total. The summed E-state index contributed by atoms with van der Waals surface area (Å²) in [6.07, 6.45) is 1.67. The Balaban J connectivity index is 2.78. The van der Waals surface area contributed by atoms with Crippen LogP contribution in [-0.4, -0.2) is 17.3 Å². The zero-order valence-electron chi connectivity index (χ0n) is 6.65. The molecule has 0 aliphatic heterocycles. The van der Waals surface area contributed by atoms with Crippen LogP contribution >= 0.6 is 12.2 Å². The SMILES string of the molecule is COc1cc(CN=C=S)ccn1. The smallest absolute Gasteiger partial charge is 0.213 e. The number of methoxy groups -OCH3 is 1. The van der Waals surface area contributed by atoms with E-state index in [4.69, 9.17) is 4.74 Å². The van der Waals surface area contributed by atoms with Gasteiger partial charge in [0, 0.05) is 12.3 Å². The van der Waals surface area contributed by atoms with Crippen molar-refractivity contribution >= 4 is 17.4 Å². The summed E-state index contributed by atoms with van der Waals surface area (Å²) in [6.45, 7) is 0.530. The van der Waals surface area contributed by atoms with E-state index < -0.39 is 0 Å². The van der Waals surface area contributed by atoms with Crippen LogP contribution in [-0.2, 0) is 6.54 Å². The summed E-state index contributed by atoms with van der Waals surface area (Å²) in [5, 5.41) is 2.30. The van der Waals surface area contributed by atoms with E-state index in [9.17, 15) is 0 Å². The van der Waals surface area contributed by atoms with E-state index in [0.29, 0.717) is 12.4 Å². The van der Waals surface area contributed by atoms with E-state index >= 15 is 0 Å². The molecule has 0 spiro atoms. The maximum absolute atomic E-state index is 4.94. The zero-order valence-corrected chi connectivity index (χ0v) is 7.47. The Morgan fingerprint density at radius 1 is 1.75 bits per heavy atom. The van der Waals surface area contributed by atoms with Gasteiger partial charge in [-0.15, -0.1) is 0 Å². The molecule has 0 amide bonds. The van der Waals surface area contributed by atoms with Crippen molar-refractivity contribution in [2.75, 3.05) is 7.11 Å². The minimum absolute atomic E-state index is 0.530. The Morgan fingerprint density at radius 3 is 3.25 bits per heavy atom. The minimum atomic E-state index is 0.530. The number of aliphatic imine (C=N–C) groups is 1. The Kier molecular flexibility index (Phi) is 3.38. The maximum Gasteiger partial charge on any atom is 0.213 e. The first-order chi connectivity index (χ1) is 5.86. The molecule has 0 fully saturated rings. The van der Waals surface area contributed by atoms with Crippen molar-refractivity contribution in [2.24, 2.45) is 4.99 Å². The van der Waals surface area contributed by atoms with Gasteiger partial charge < -0.3 is 4.74 Å². The third kappa shape index (κ3) is 2.42. The Morgan fingerprint density at radius 2 is 2.58 bits per heavy atom. The number of hydrogen-bond donors (Lipinski definition) is 0. The van der Waals surface area contributed by atoms with E-state index in [0.717, 1.165) is 5.56 Å². The number of nitrogens with zero attached hydrogens (tertiary/aromatic N) is 2. The highest BCUT2D eigenvalue weighted by Gasteiger charge is 1.94. The molecule has 0 bridgehead atoms. The van der Waals surface area contributed by atoms with Gasteiger partial charge in [0.05, 0.1) is 18.8 Å². The molecule has 0 unspecified atom stereocenters. The molecule has 0 atom stereocenters. The molecule has 1 heterocycles. The molecule has 1 rings (SSSR count). The van der Waals surface area contributed by atoms with Crippen LogP contribution in [0.3, 0.4) is 0 Å². The quantitative estimate of drug-likeness (QED) is 0.524. The van der Waals surface area contributed by atoms with E-state index in [2.05, 4.69) is 27.4 Å². The van der Waals surface area contributed by atoms with Crippen molar-refractivity contribution in [1.82, 2.24) is 4.98 Å². The Hall–Kier alpha value is -1.25. The predicted molar refractivity (Wildman–Crippen MR) is 49.5 cm³/mol. The third-order valence-electron chi connectivity index (χ3n) is 1.33. The standard InChI is InChI=1S/C8H8N2OS/c1-11-8-4-7(2-3-10-8)5-9-6-12/h2-4H,5H2,1H3. The van der Waals surface area contributed by atoms with Crippen LogP contribution in [0.4, 0.5) is 0 Å². The monoisotopic (exact) mass is 180 g/mol. The van der Waals surface area contributed by atoms with Crippen LogP contribution in [0.5, 0.6) is 5.88 Å². The number of isothiocyanates is 1. The number of rotatable bonds is 3. The summed E-state index contributed by atoms with van der Waals surface area (Å²) < 4.78 is 4.94. The van der Waals surface area contributed by atoms with Gasteiger partial charge in [-0.25, -0.2) is 9.98 Å². The lowest BCUT2D eigenvalue weighted by atomic mass is 10.3. The molecular formula is C8H8N2OS. The molecule has 0 saturated heterocycles.